The molecule has 0 saturated heterocycles. The highest BCUT2D eigenvalue weighted by molar-refractivity contribution is 5.22. The number of allylic oxidation sites excluding steroid dienone is 2. The zero-order valence-electron chi connectivity index (χ0n) is 11.9. The van der Waals surface area contributed by atoms with Crippen molar-refractivity contribution in [2.24, 2.45) is 0 Å². The van der Waals surface area contributed by atoms with Crippen molar-refractivity contribution in [3.63, 3.8) is 0 Å². The fourth-order valence-electron chi connectivity index (χ4n) is 2.14. The van der Waals surface area contributed by atoms with Crippen LogP contribution in [0.4, 0.5) is 0 Å². The molecule has 2 N–H and O–H groups in total. The summed E-state index contributed by atoms with van der Waals surface area (Å²) in [7, 11) is 1.95. The third-order valence-corrected chi connectivity index (χ3v) is 3.48. The third-order valence-electron chi connectivity index (χ3n) is 3.48. The Morgan fingerprint density at radius 1 is 1.42 bits per heavy atom. The van der Waals surface area contributed by atoms with Crippen molar-refractivity contribution in [2.45, 2.75) is 26.4 Å². The fourth-order valence-corrected chi connectivity index (χ4v) is 2.14. The Labute approximate surface area is 115 Å². The van der Waals surface area contributed by atoms with E-state index >= 15 is 0 Å². The van der Waals surface area contributed by atoms with E-state index in [1.54, 1.807) is 0 Å². The van der Waals surface area contributed by atoms with Crippen LogP contribution in [0.3, 0.4) is 0 Å². The van der Waals surface area contributed by atoms with Gasteiger partial charge < -0.3 is 5.32 Å². The standard InChI is InChI=1S/C15H22N4/c1-12-6-4-8-17-14(12)10-19(16-3)11-15-13(2)7-5-9-18-15/h4-9,14,16-17H,10-11H2,1-3H3. The molecule has 2 heterocycles. The van der Waals surface area contributed by atoms with Crippen molar-refractivity contribution in [3.05, 3.63) is 53.5 Å². The second-order valence-corrected chi connectivity index (χ2v) is 4.86. The van der Waals surface area contributed by atoms with Gasteiger partial charge in [-0.3, -0.25) is 10.4 Å². The lowest BCUT2D eigenvalue weighted by Gasteiger charge is -2.28. The fraction of sp³-hybridized carbons (Fsp3) is 0.400. The quantitative estimate of drug-likeness (QED) is 0.790. The monoisotopic (exact) mass is 258 g/mol. The first kappa shape index (κ1) is 13.8. The summed E-state index contributed by atoms with van der Waals surface area (Å²) in [4.78, 5) is 4.45. The van der Waals surface area contributed by atoms with Gasteiger partial charge >= 0.3 is 0 Å². The molecule has 102 valence electrons. The van der Waals surface area contributed by atoms with Gasteiger partial charge in [0, 0.05) is 12.7 Å². The van der Waals surface area contributed by atoms with Crippen LogP contribution in [-0.4, -0.2) is 29.6 Å². The van der Waals surface area contributed by atoms with Gasteiger partial charge in [0.15, 0.2) is 0 Å². The van der Waals surface area contributed by atoms with Gasteiger partial charge in [0.2, 0.25) is 0 Å². The molecule has 0 aromatic carbocycles. The molecular formula is C15H22N4. The highest BCUT2D eigenvalue weighted by atomic mass is 15.5. The molecule has 0 aliphatic carbocycles. The second-order valence-electron chi connectivity index (χ2n) is 4.86. The predicted octanol–water partition coefficient (Wildman–Crippen LogP) is 1.76. The maximum atomic E-state index is 4.45. The number of pyridine rings is 1. The van der Waals surface area contributed by atoms with E-state index in [9.17, 15) is 0 Å². The number of rotatable bonds is 5. The van der Waals surface area contributed by atoms with Crippen LogP contribution in [0.5, 0.6) is 0 Å². The van der Waals surface area contributed by atoms with Crippen molar-refractivity contribution in [1.29, 1.82) is 0 Å². The van der Waals surface area contributed by atoms with E-state index in [0.717, 1.165) is 18.8 Å². The summed E-state index contributed by atoms with van der Waals surface area (Å²) in [6, 6.07) is 4.42. The molecule has 4 heteroatoms. The normalized spacial score (nSPS) is 18.3. The Kier molecular flexibility index (Phi) is 4.71. The van der Waals surface area contributed by atoms with Gasteiger partial charge in [-0.2, -0.15) is 0 Å². The summed E-state index contributed by atoms with van der Waals surface area (Å²) in [6.45, 7) is 5.96. The zero-order chi connectivity index (χ0) is 13.7. The minimum Gasteiger partial charge on any atom is -0.383 e. The second kappa shape index (κ2) is 6.50. The number of nitrogens with one attached hydrogen (secondary N) is 2. The van der Waals surface area contributed by atoms with Crippen LogP contribution < -0.4 is 10.7 Å². The van der Waals surface area contributed by atoms with Gasteiger partial charge in [0.1, 0.15) is 0 Å². The van der Waals surface area contributed by atoms with Crippen LogP contribution in [0.25, 0.3) is 0 Å². The van der Waals surface area contributed by atoms with Crippen molar-refractivity contribution in [1.82, 2.24) is 20.7 Å². The molecule has 1 aromatic heterocycles. The van der Waals surface area contributed by atoms with Gasteiger partial charge in [-0.25, -0.2) is 5.01 Å². The molecule has 1 atom stereocenters. The SMILES string of the molecule is CNN(Cc1ncccc1C)CC1NC=CC=C1C. The van der Waals surface area contributed by atoms with Crippen LogP contribution in [0.2, 0.25) is 0 Å². The number of aryl methyl sites for hydroxylation is 1. The summed E-state index contributed by atoms with van der Waals surface area (Å²) in [5.74, 6) is 0. The van der Waals surface area contributed by atoms with Gasteiger partial charge in [-0.1, -0.05) is 12.1 Å². The topological polar surface area (TPSA) is 40.2 Å². The number of aromatic nitrogens is 1. The Morgan fingerprint density at radius 3 is 2.95 bits per heavy atom. The average Bonchev–Trinajstić information content (AvgIpc) is 2.42. The number of hydrazine groups is 1. The first-order valence-electron chi connectivity index (χ1n) is 6.63. The molecule has 19 heavy (non-hydrogen) atoms. The Hall–Kier alpha value is -1.65. The molecule has 1 aliphatic rings. The predicted molar refractivity (Wildman–Crippen MR) is 78.3 cm³/mol. The van der Waals surface area contributed by atoms with E-state index < -0.39 is 0 Å². The minimum absolute atomic E-state index is 0.349. The molecule has 1 aliphatic heterocycles. The molecule has 0 amide bonds. The van der Waals surface area contributed by atoms with Crippen LogP contribution in [0.1, 0.15) is 18.2 Å². The average molecular weight is 258 g/mol. The molecule has 0 saturated carbocycles. The van der Waals surface area contributed by atoms with E-state index in [-0.39, 0.29) is 0 Å². The van der Waals surface area contributed by atoms with Crippen LogP contribution in [-0.2, 0) is 6.54 Å². The Balaban J connectivity index is 1.99. The van der Waals surface area contributed by atoms with Crippen molar-refractivity contribution >= 4 is 0 Å². The van der Waals surface area contributed by atoms with E-state index in [0.29, 0.717) is 6.04 Å². The number of dihydropyridines is 1. The van der Waals surface area contributed by atoms with Crippen molar-refractivity contribution in [3.8, 4) is 0 Å². The lowest BCUT2D eigenvalue weighted by molar-refractivity contribution is 0.183. The maximum absolute atomic E-state index is 4.45. The number of nitrogens with zero attached hydrogens (tertiary/aromatic N) is 2. The summed E-state index contributed by atoms with van der Waals surface area (Å²) in [5, 5.41) is 5.57. The minimum atomic E-state index is 0.349. The first-order valence-corrected chi connectivity index (χ1v) is 6.63. The molecule has 1 unspecified atom stereocenters. The number of hydrogen-bond acceptors (Lipinski definition) is 4. The first-order chi connectivity index (χ1) is 9.20. The molecule has 0 bridgehead atoms. The number of hydrogen-bond donors (Lipinski definition) is 2. The summed E-state index contributed by atoms with van der Waals surface area (Å²) in [6.07, 6.45) is 8.04. The maximum Gasteiger partial charge on any atom is 0.0610 e. The third kappa shape index (κ3) is 3.66. The van der Waals surface area contributed by atoms with Crippen molar-refractivity contribution < 1.29 is 0 Å². The summed E-state index contributed by atoms with van der Waals surface area (Å²) >= 11 is 0. The highest BCUT2D eigenvalue weighted by Gasteiger charge is 2.16. The molecule has 2 rings (SSSR count). The molecule has 4 nitrogen and oxygen atoms in total. The van der Waals surface area contributed by atoms with Gasteiger partial charge in [-0.05, 0) is 50.4 Å². The van der Waals surface area contributed by atoms with Gasteiger partial charge in [0.05, 0.1) is 18.3 Å². The Bertz CT molecular complexity index is 479. The Morgan fingerprint density at radius 2 is 2.26 bits per heavy atom. The molecule has 0 radical (unpaired) electrons. The van der Waals surface area contributed by atoms with Crippen LogP contribution >= 0.6 is 0 Å². The van der Waals surface area contributed by atoms with E-state index in [1.165, 1.54) is 11.1 Å². The summed E-state index contributed by atoms with van der Waals surface area (Å²) in [5.41, 5.74) is 6.94. The van der Waals surface area contributed by atoms with Crippen LogP contribution in [0.15, 0.2) is 42.3 Å². The smallest absolute Gasteiger partial charge is 0.0610 e. The van der Waals surface area contributed by atoms with Crippen molar-refractivity contribution in [2.75, 3.05) is 13.6 Å². The molecule has 0 fully saturated rings. The lowest BCUT2D eigenvalue weighted by atomic mass is 10.1. The van der Waals surface area contributed by atoms with E-state index in [1.807, 2.05) is 31.6 Å². The van der Waals surface area contributed by atoms with E-state index in [4.69, 9.17) is 0 Å². The van der Waals surface area contributed by atoms with Gasteiger partial charge in [-0.15, -0.1) is 0 Å². The van der Waals surface area contributed by atoms with Gasteiger partial charge in [0.25, 0.3) is 0 Å². The molecule has 1 aromatic rings. The zero-order valence-corrected chi connectivity index (χ0v) is 11.9. The van der Waals surface area contributed by atoms with Crippen LogP contribution in [0, 0.1) is 6.92 Å². The molecular weight excluding hydrogens is 236 g/mol. The highest BCUT2D eigenvalue weighted by Crippen LogP contribution is 2.10. The lowest BCUT2D eigenvalue weighted by Crippen LogP contribution is -2.45. The largest absolute Gasteiger partial charge is 0.383 e. The summed E-state index contributed by atoms with van der Waals surface area (Å²) < 4.78 is 0. The van der Waals surface area contributed by atoms with E-state index in [2.05, 4.69) is 46.7 Å². The molecule has 0 spiro atoms.